The highest BCUT2D eigenvalue weighted by Crippen LogP contribution is 2.30. The molecule has 0 saturated carbocycles. The van der Waals surface area contributed by atoms with E-state index < -0.39 is 17.5 Å². The van der Waals surface area contributed by atoms with Gasteiger partial charge in [-0.3, -0.25) is 4.79 Å². The predicted octanol–water partition coefficient (Wildman–Crippen LogP) is 1.78. The van der Waals surface area contributed by atoms with Gasteiger partial charge in [-0.25, -0.2) is 0 Å². The average molecular weight is 277 g/mol. The van der Waals surface area contributed by atoms with E-state index in [0.717, 1.165) is 26.1 Å². The van der Waals surface area contributed by atoms with Crippen LogP contribution in [0.3, 0.4) is 0 Å². The Morgan fingerprint density at radius 2 is 1.90 bits per heavy atom. The highest BCUT2D eigenvalue weighted by Gasteiger charge is 2.40. The molecule has 0 aromatic heterocycles. The summed E-state index contributed by atoms with van der Waals surface area (Å²) in [5.74, 6) is -1.61. The van der Waals surface area contributed by atoms with Gasteiger partial charge in [-0.2, -0.15) is 0 Å². The topological polar surface area (TPSA) is 60.8 Å². The zero-order valence-corrected chi connectivity index (χ0v) is 12.0. The van der Waals surface area contributed by atoms with E-state index in [4.69, 9.17) is 5.11 Å². The number of rotatable bonds is 5. The molecule has 0 amide bonds. The van der Waals surface area contributed by atoms with Crippen molar-refractivity contribution >= 4 is 5.97 Å². The molecule has 1 heterocycles. The van der Waals surface area contributed by atoms with Crippen molar-refractivity contribution in [2.75, 3.05) is 19.6 Å². The van der Waals surface area contributed by atoms with Gasteiger partial charge in [0.25, 0.3) is 0 Å². The van der Waals surface area contributed by atoms with E-state index in [1.54, 1.807) is 6.92 Å². The number of hydrogen-bond acceptors (Lipinski definition) is 3. The van der Waals surface area contributed by atoms with Crippen molar-refractivity contribution in [3.05, 3.63) is 35.9 Å². The molecule has 1 fully saturated rings. The van der Waals surface area contributed by atoms with Gasteiger partial charge in [-0.1, -0.05) is 30.3 Å². The van der Waals surface area contributed by atoms with Gasteiger partial charge in [0.05, 0.1) is 11.5 Å². The normalized spacial score (nSPS) is 20.5. The monoisotopic (exact) mass is 277 g/mol. The van der Waals surface area contributed by atoms with E-state index in [2.05, 4.69) is 17.0 Å². The lowest BCUT2D eigenvalue weighted by atomic mass is 9.80. The van der Waals surface area contributed by atoms with Crippen molar-refractivity contribution in [2.45, 2.75) is 31.8 Å². The van der Waals surface area contributed by atoms with E-state index in [1.807, 2.05) is 18.2 Å². The van der Waals surface area contributed by atoms with Crippen molar-refractivity contribution in [3.8, 4) is 0 Å². The molecule has 4 nitrogen and oxygen atoms in total. The Labute approximate surface area is 120 Å². The number of nitrogens with zero attached hydrogens (tertiary/aromatic N) is 1. The Morgan fingerprint density at radius 1 is 1.30 bits per heavy atom. The van der Waals surface area contributed by atoms with Gasteiger partial charge in [0.1, 0.15) is 0 Å². The Hall–Kier alpha value is -1.39. The Bertz CT molecular complexity index is 438. The zero-order valence-electron chi connectivity index (χ0n) is 12.0. The quantitative estimate of drug-likeness (QED) is 0.861. The van der Waals surface area contributed by atoms with Crippen LogP contribution in [-0.2, 0) is 11.2 Å². The molecule has 110 valence electrons. The largest absolute Gasteiger partial charge is 0.481 e. The lowest BCUT2D eigenvalue weighted by Crippen LogP contribution is -2.50. The average Bonchev–Trinajstić information content (AvgIpc) is 2.47. The zero-order chi connectivity index (χ0) is 14.6. The summed E-state index contributed by atoms with van der Waals surface area (Å²) in [5, 5.41) is 19.4. The van der Waals surface area contributed by atoms with Gasteiger partial charge in [0.15, 0.2) is 0 Å². The van der Waals surface area contributed by atoms with Crippen LogP contribution in [0.1, 0.15) is 25.3 Å². The highest BCUT2D eigenvalue weighted by molar-refractivity contribution is 5.71. The molecule has 1 aromatic rings. The maximum Gasteiger partial charge on any atom is 0.309 e. The fourth-order valence-corrected chi connectivity index (χ4v) is 2.76. The summed E-state index contributed by atoms with van der Waals surface area (Å²) in [6, 6.07) is 10.3. The summed E-state index contributed by atoms with van der Waals surface area (Å²) in [6.45, 7) is 4.09. The SMILES string of the molecule is CC(C(=O)O)C1(O)CCN(CCc2ccccc2)CC1. The fraction of sp³-hybridized carbons (Fsp3) is 0.562. The van der Waals surface area contributed by atoms with Gasteiger partial charge in [0, 0.05) is 19.6 Å². The van der Waals surface area contributed by atoms with Gasteiger partial charge >= 0.3 is 5.97 Å². The third kappa shape index (κ3) is 3.58. The van der Waals surface area contributed by atoms with Gasteiger partial charge < -0.3 is 15.1 Å². The molecular weight excluding hydrogens is 254 g/mol. The van der Waals surface area contributed by atoms with E-state index in [9.17, 15) is 9.90 Å². The second kappa shape index (κ2) is 6.37. The van der Waals surface area contributed by atoms with Crippen molar-refractivity contribution < 1.29 is 15.0 Å². The number of carbonyl (C=O) groups is 1. The first-order chi connectivity index (χ1) is 9.51. The molecule has 1 saturated heterocycles. The van der Waals surface area contributed by atoms with Crippen LogP contribution < -0.4 is 0 Å². The number of carboxylic acid groups (broad SMARTS) is 1. The number of aliphatic hydroxyl groups is 1. The predicted molar refractivity (Wildman–Crippen MR) is 77.6 cm³/mol. The first-order valence-electron chi connectivity index (χ1n) is 7.23. The number of likely N-dealkylation sites (tertiary alicyclic amines) is 1. The van der Waals surface area contributed by atoms with Gasteiger partial charge in [0.2, 0.25) is 0 Å². The van der Waals surface area contributed by atoms with Crippen molar-refractivity contribution in [1.29, 1.82) is 0 Å². The Kier molecular flexibility index (Phi) is 4.78. The number of piperidine rings is 1. The van der Waals surface area contributed by atoms with Gasteiger partial charge in [-0.15, -0.1) is 0 Å². The van der Waals surface area contributed by atoms with E-state index in [0.29, 0.717) is 12.8 Å². The minimum atomic E-state index is -1.05. The third-order valence-electron chi connectivity index (χ3n) is 4.46. The van der Waals surface area contributed by atoms with Crippen LogP contribution >= 0.6 is 0 Å². The second-order valence-electron chi connectivity index (χ2n) is 5.74. The minimum Gasteiger partial charge on any atom is -0.481 e. The number of hydrogen-bond donors (Lipinski definition) is 2. The first-order valence-corrected chi connectivity index (χ1v) is 7.23. The van der Waals surface area contributed by atoms with E-state index >= 15 is 0 Å². The summed E-state index contributed by atoms with van der Waals surface area (Å²) in [5.41, 5.74) is 0.266. The van der Waals surface area contributed by atoms with Crippen LogP contribution in [0.2, 0.25) is 0 Å². The molecule has 0 radical (unpaired) electrons. The lowest BCUT2D eigenvalue weighted by molar-refractivity contribution is -0.154. The molecule has 1 unspecified atom stereocenters. The van der Waals surface area contributed by atoms with E-state index in [-0.39, 0.29) is 0 Å². The highest BCUT2D eigenvalue weighted by atomic mass is 16.4. The van der Waals surface area contributed by atoms with Crippen molar-refractivity contribution in [3.63, 3.8) is 0 Å². The molecule has 0 bridgehead atoms. The molecule has 1 aliphatic heterocycles. The molecule has 1 aromatic carbocycles. The smallest absolute Gasteiger partial charge is 0.309 e. The first kappa shape index (κ1) is 15.0. The number of aliphatic carboxylic acids is 1. The molecule has 2 rings (SSSR count). The maximum absolute atomic E-state index is 11.0. The standard InChI is InChI=1S/C16H23NO3/c1-13(15(18)19)16(20)8-11-17(12-9-16)10-7-14-5-3-2-4-6-14/h2-6,13,20H,7-12H2,1H3,(H,18,19). The van der Waals surface area contributed by atoms with Crippen LogP contribution in [0.25, 0.3) is 0 Å². The summed E-state index contributed by atoms with van der Waals surface area (Å²) in [7, 11) is 0. The molecular formula is C16H23NO3. The summed E-state index contributed by atoms with van der Waals surface area (Å²) >= 11 is 0. The lowest BCUT2D eigenvalue weighted by Gasteiger charge is -2.40. The molecule has 0 spiro atoms. The summed E-state index contributed by atoms with van der Waals surface area (Å²) in [4.78, 5) is 13.3. The van der Waals surface area contributed by atoms with Crippen LogP contribution in [0.5, 0.6) is 0 Å². The molecule has 20 heavy (non-hydrogen) atoms. The summed E-state index contributed by atoms with van der Waals surface area (Å²) < 4.78 is 0. The molecule has 2 N–H and O–H groups in total. The molecule has 4 heteroatoms. The minimum absolute atomic E-state index is 0.537. The number of carboxylic acids is 1. The Morgan fingerprint density at radius 3 is 2.45 bits per heavy atom. The second-order valence-corrected chi connectivity index (χ2v) is 5.74. The van der Waals surface area contributed by atoms with Crippen LogP contribution in [0.4, 0.5) is 0 Å². The summed E-state index contributed by atoms with van der Waals surface area (Å²) in [6.07, 6.45) is 2.07. The maximum atomic E-state index is 11.0. The third-order valence-corrected chi connectivity index (χ3v) is 4.46. The van der Waals surface area contributed by atoms with E-state index in [1.165, 1.54) is 5.56 Å². The van der Waals surface area contributed by atoms with Crippen LogP contribution in [0.15, 0.2) is 30.3 Å². The van der Waals surface area contributed by atoms with Crippen LogP contribution in [0, 0.1) is 5.92 Å². The Balaban J connectivity index is 1.81. The number of benzene rings is 1. The fourth-order valence-electron chi connectivity index (χ4n) is 2.76. The van der Waals surface area contributed by atoms with Crippen molar-refractivity contribution in [1.82, 2.24) is 4.90 Å². The van der Waals surface area contributed by atoms with Crippen molar-refractivity contribution in [2.24, 2.45) is 5.92 Å². The molecule has 0 aliphatic carbocycles. The molecule has 1 aliphatic rings. The van der Waals surface area contributed by atoms with Gasteiger partial charge in [-0.05, 0) is 31.7 Å². The molecule has 1 atom stereocenters. The van der Waals surface area contributed by atoms with Crippen LogP contribution in [-0.4, -0.2) is 46.3 Å².